The fourth-order valence-corrected chi connectivity index (χ4v) is 4.53. The zero-order chi connectivity index (χ0) is 20.1. The molecule has 1 aliphatic carbocycles. The molecule has 1 aromatic carbocycles. The molecule has 7 heteroatoms. The number of aryl methyl sites for hydroxylation is 1. The molecule has 6 nitrogen and oxygen atoms in total. The Kier molecular flexibility index (Phi) is 6.46. The lowest BCUT2D eigenvalue weighted by molar-refractivity contribution is -0.123. The summed E-state index contributed by atoms with van der Waals surface area (Å²) in [6.45, 7) is 3.63. The molecule has 3 rings (SSSR count). The van der Waals surface area contributed by atoms with E-state index in [1.807, 2.05) is 36.4 Å². The number of hydrogen-bond acceptors (Lipinski definition) is 4. The van der Waals surface area contributed by atoms with Gasteiger partial charge in [-0.2, -0.15) is 0 Å². The molecule has 0 bridgehead atoms. The summed E-state index contributed by atoms with van der Waals surface area (Å²) >= 11 is 1.50. The van der Waals surface area contributed by atoms with Crippen molar-refractivity contribution in [1.29, 1.82) is 0 Å². The quantitative estimate of drug-likeness (QED) is 0.676. The number of carbonyl (C=O) groups is 3. The average Bonchev–Trinajstić information content (AvgIpc) is 3.09. The third kappa shape index (κ3) is 5.19. The number of hydrogen-bond donors (Lipinski definition) is 3. The Hall–Kier alpha value is -2.67. The van der Waals surface area contributed by atoms with Gasteiger partial charge in [-0.3, -0.25) is 25.2 Å². The summed E-state index contributed by atoms with van der Waals surface area (Å²) < 4.78 is 0. The van der Waals surface area contributed by atoms with Gasteiger partial charge in [0.15, 0.2) is 0 Å². The summed E-state index contributed by atoms with van der Waals surface area (Å²) in [5.74, 6) is -0.257. The first-order chi connectivity index (χ1) is 13.4. The Morgan fingerprint density at radius 3 is 2.64 bits per heavy atom. The van der Waals surface area contributed by atoms with Crippen LogP contribution in [0.1, 0.15) is 58.4 Å². The molecule has 0 spiro atoms. The number of amides is 3. The molecule has 2 aromatic rings. The van der Waals surface area contributed by atoms with Gasteiger partial charge in [0.05, 0.1) is 17.3 Å². The maximum absolute atomic E-state index is 12.4. The van der Waals surface area contributed by atoms with Crippen LogP contribution >= 0.6 is 11.3 Å². The lowest BCUT2D eigenvalue weighted by Gasteiger charge is -2.18. The first-order valence-electron chi connectivity index (χ1n) is 9.45. The largest absolute Gasteiger partial charge is 0.349 e. The molecular weight excluding hydrogens is 374 g/mol. The number of rotatable bonds is 5. The molecule has 28 heavy (non-hydrogen) atoms. The third-order valence-corrected chi connectivity index (χ3v) is 6.07. The van der Waals surface area contributed by atoms with E-state index in [0.29, 0.717) is 10.8 Å². The summed E-state index contributed by atoms with van der Waals surface area (Å²) in [6, 6.07) is 10.8. The lowest BCUT2D eigenvalue weighted by Crippen LogP contribution is -2.43. The molecule has 1 aromatic heterocycles. The van der Waals surface area contributed by atoms with E-state index in [0.717, 1.165) is 24.8 Å². The van der Waals surface area contributed by atoms with Crippen molar-refractivity contribution >= 4 is 29.1 Å². The summed E-state index contributed by atoms with van der Waals surface area (Å²) in [5.41, 5.74) is 7.03. The fraction of sp³-hybridized carbons (Fsp3) is 0.381. The summed E-state index contributed by atoms with van der Waals surface area (Å²) in [4.78, 5) is 38.1. The highest BCUT2D eigenvalue weighted by atomic mass is 32.1. The number of hydrazine groups is 1. The standard InChI is InChI=1S/C21H25N3O3S/c1-13-8-9-18-16(10-13)11-19(28-18)21(27)24-23-20(26)12-17(22-14(2)25)15-6-4-3-5-7-15/h3-7,11,13,17H,8-10,12H2,1-2H3,(H,22,25)(H,23,26)(H,24,27). The van der Waals surface area contributed by atoms with Crippen LogP contribution < -0.4 is 16.2 Å². The number of carbonyl (C=O) groups excluding carboxylic acids is 3. The highest BCUT2D eigenvalue weighted by Crippen LogP contribution is 2.32. The number of nitrogens with one attached hydrogen (secondary N) is 3. The Bertz CT molecular complexity index is 863. The predicted octanol–water partition coefficient (Wildman–Crippen LogP) is 2.90. The fourth-order valence-electron chi connectivity index (χ4n) is 3.43. The highest BCUT2D eigenvalue weighted by Gasteiger charge is 2.21. The van der Waals surface area contributed by atoms with Crippen LogP contribution in [-0.2, 0) is 22.4 Å². The minimum absolute atomic E-state index is 0.0301. The van der Waals surface area contributed by atoms with Gasteiger partial charge in [0.2, 0.25) is 11.8 Å². The van der Waals surface area contributed by atoms with Crippen LogP contribution in [0.15, 0.2) is 36.4 Å². The van der Waals surface area contributed by atoms with Gasteiger partial charge in [0.25, 0.3) is 5.91 Å². The maximum Gasteiger partial charge on any atom is 0.279 e. The van der Waals surface area contributed by atoms with Crippen molar-refractivity contribution in [3.05, 3.63) is 57.3 Å². The lowest BCUT2D eigenvalue weighted by atomic mass is 9.90. The minimum atomic E-state index is -0.453. The van der Waals surface area contributed by atoms with Gasteiger partial charge < -0.3 is 5.32 Å². The van der Waals surface area contributed by atoms with E-state index in [4.69, 9.17) is 0 Å². The molecule has 2 atom stereocenters. The molecule has 1 aliphatic rings. The molecule has 2 unspecified atom stereocenters. The van der Waals surface area contributed by atoms with E-state index in [-0.39, 0.29) is 24.1 Å². The molecule has 0 radical (unpaired) electrons. The van der Waals surface area contributed by atoms with Crippen LogP contribution in [0, 0.1) is 5.92 Å². The van der Waals surface area contributed by atoms with Crippen molar-refractivity contribution < 1.29 is 14.4 Å². The monoisotopic (exact) mass is 399 g/mol. The van der Waals surface area contributed by atoms with Gasteiger partial charge >= 0.3 is 0 Å². The molecule has 1 heterocycles. The third-order valence-electron chi connectivity index (χ3n) is 4.84. The van der Waals surface area contributed by atoms with Gasteiger partial charge in [-0.05, 0) is 42.4 Å². The molecular formula is C21H25N3O3S. The van der Waals surface area contributed by atoms with Crippen molar-refractivity contribution in [2.24, 2.45) is 5.92 Å². The van der Waals surface area contributed by atoms with Gasteiger partial charge in [0, 0.05) is 11.8 Å². The number of benzene rings is 1. The van der Waals surface area contributed by atoms with Crippen LogP contribution in [0.25, 0.3) is 0 Å². The van der Waals surface area contributed by atoms with Crippen LogP contribution in [0.2, 0.25) is 0 Å². The van der Waals surface area contributed by atoms with E-state index >= 15 is 0 Å². The van der Waals surface area contributed by atoms with E-state index < -0.39 is 6.04 Å². The summed E-state index contributed by atoms with van der Waals surface area (Å²) in [7, 11) is 0. The number of fused-ring (bicyclic) bond motifs is 1. The van der Waals surface area contributed by atoms with Gasteiger partial charge in [-0.1, -0.05) is 37.3 Å². The number of thiophene rings is 1. The van der Waals surface area contributed by atoms with Crippen molar-refractivity contribution in [3.8, 4) is 0 Å². The first kappa shape index (κ1) is 20.1. The first-order valence-corrected chi connectivity index (χ1v) is 10.3. The van der Waals surface area contributed by atoms with Crippen molar-refractivity contribution in [1.82, 2.24) is 16.2 Å². The molecule has 0 fully saturated rings. The van der Waals surface area contributed by atoms with Crippen LogP contribution in [0.4, 0.5) is 0 Å². The van der Waals surface area contributed by atoms with E-state index in [1.165, 1.54) is 28.7 Å². The SMILES string of the molecule is CC(=O)NC(CC(=O)NNC(=O)c1cc2c(s1)CCC(C)C2)c1ccccc1. The molecule has 0 saturated carbocycles. The van der Waals surface area contributed by atoms with Crippen molar-refractivity contribution in [3.63, 3.8) is 0 Å². The van der Waals surface area contributed by atoms with Crippen LogP contribution in [0.3, 0.4) is 0 Å². The zero-order valence-electron chi connectivity index (χ0n) is 16.1. The maximum atomic E-state index is 12.4. The molecule has 0 saturated heterocycles. The smallest absolute Gasteiger partial charge is 0.279 e. The second-order valence-corrected chi connectivity index (χ2v) is 8.41. The van der Waals surface area contributed by atoms with Gasteiger partial charge in [0.1, 0.15) is 0 Å². The van der Waals surface area contributed by atoms with E-state index in [1.54, 1.807) is 0 Å². The zero-order valence-corrected chi connectivity index (χ0v) is 16.9. The van der Waals surface area contributed by atoms with Crippen molar-refractivity contribution in [2.45, 2.75) is 45.6 Å². The van der Waals surface area contributed by atoms with Crippen molar-refractivity contribution in [2.75, 3.05) is 0 Å². The average molecular weight is 400 g/mol. The Morgan fingerprint density at radius 2 is 1.93 bits per heavy atom. The summed E-state index contributed by atoms with van der Waals surface area (Å²) in [6.07, 6.45) is 3.19. The normalized spacial score (nSPS) is 16.6. The molecule has 0 aliphatic heterocycles. The second kappa shape index (κ2) is 9.01. The molecule has 3 N–H and O–H groups in total. The van der Waals surface area contributed by atoms with Gasteiger partial charge in [-0.15, -0.1) is 11.3 Å². The molecule has 148 valence electrons. The van der Waals surface area contributed by atoms with E-state index in [9.17, 15) is 14.4 Å². The van der Waals surface area contributed by atoms with Crippen LogP contribution in [0.5, 0.6) is 0 Å². The predicted molar refractivity (Wildman–Crippen MR) is 109 cm³/mol. The molecule has 3 amide bonds. The van der Waals surface area contributed by atoms with E-state index in [2.05, 4.69) is 23.1 Å². The Balaban J connectivity index is 1.57. The summed E-state index contributed by atoms with van der Waals surface area (Å²) in [5, 5.41) is 2.77. The minimum Gasteiger partial charge on any atom is -0.349 e. The van der Waals surface area contributed by atoms with Gasteiger partial charge in [-0.25, -0.2) is 0 Å². The Labute approximate surface area is 168 Å². The topological polar surface area (TPSA) is 87.3 Å². The Morgan fingerprint density at radius 1 is 1.18 bits per heavy atom. The highest BCUT2D eigenvalue weighted by molar-refractivity contribution is 7.14. The van der Waals surface area contributed by atoms with Crippen LogP contribution in [-0.4, -0.2) is 17.7 Å². The second-order valence-electron chi connectivity index (χ2n) is 7.28.